The third kappa shape index (κ3) is 2.38. The molecule has 2 unspecified atom stereocenters. The van der Waals surface area contributed by atoms with E-state index in [1.807, 2.05) is 0 Å². The number of piperazine rings is 1. The van der Waals surface area contributed by atoms with Gasteiger partial charge in [-0.15, -0.1) is 0 Å². The fourth-order valence-electron chi connectivity index (χ4n) is 2.92. The summed E-state index contributed by atoms with van der Waals surface area (Å²) in [5.41, 5.74) is 10.1. The van der Waals surface area contributed by atoms with E-state index in [1.54, 1.807) is 0 Å². The summed E-state index contributed by atoms with van der Waals surface area (Å²) in [6.45, 7) is 9.49. The second-order valence-corrected chi connectivity index (χ2v) is 5.57. The van der Waals surface area contributed by atoms with E-state index in [0.29, 0.717) is 18.6 Å². The Hall–Kier alpha value is -1.06. The highest BCUT2D eigenvalue weighted by atomic mass is 15.3. The first-order chi connectivity index (χ1) is 8.54. The molecule has 1 aromatic carbocycles. The summed E-state index contributed by atoms with van der Waals surface area (Å²) in [5.74, 6) is 0. The number of hydrogen-bond donors (Lipinski definition) is 1. The van der Waals surface area contributed by atoms with E-state index in [1.165, 1.54) is 16.8 Å². The van der Waals surface area contributed by atoms with Crippen molar-refractivity contribution in [3.63, 3.8) is 0 Å². The molecule has 3 heteroatoms. The van der Waals surface area contributed by atoms with E-state index in [-0.39, 0.29) is 0 Å². The van der Waals surface area contributed by atoms with Crippen molar-refractivity contribution in [3.8, 4) is 0 Å². The molecule has 0 spiro atoms. The maximum Gasteiger partial charge on any atom is 0.0540 e. The van der Waals surface area contributed by atoms with E-state index in [0.717, 1.165) is 13.1 Å². The standard InChI is InChI=1S/C15H25N3/c1-11-6-5-7-12(2)15(11)18-9-13(3)17(4)10-14(18)8-16/h5-7,13-14H,8-10,16H2,1-4H3. The third-order valence-corrected chi connectivity index (χ3v) is 4.15. The van der Waals surface area contributed by atoms with Crippen LogP contribution >= 0.6 is 0 Å². The number of aryl methyl sites for hydroxylation is 2. The number of rotatable bonds is 2. The Bertz CT molecular complexity index is 396. The molecule has 100 valence electrons. The monoisotopic (exact) mass is 247 g/mol. The molecule has 0 bridgehead atoms. The summed E-state index contributed by atoms with van der Waals surface area (Å²) < 4.78 is 0. The van der Waals surface area contributed by atoms with Gasteiger partial charge in [0.2, 0.25) is 0 Å². The Kier molecular flexibility index (Phi) is 3.93. The van der Waals surface area contributed by atoms with Gasteiger partial charge in [0.15, 0.2) is 0 Å². The zero-order chi connectivity index (χ0) is 13.3. The Morgan fingerprint density at radius 2 is 1.83 bits per heavy atom. The Morgan fingerprint density at radius 1 is 1.22 bits per heavy atom. The van der Waals surface area contributed by atoms with Gasteiger partial charge in [0, 0.05) is 31.4 Å². The van der Waals surface area contributed by atoms with E-state index in [9.17, 15) is 0 Å². The van der Waals surface area contributed by atoms with Crippen molar-refractivity contribution < 1.29 is 0 Å². The minimum absolute atomic E-state index is 0.422. The highest BCUT2D eigenvalue weighted by Crippen LogP contribution is 2.29. The van der Waals surface area contributed by atoms with Crippen LogP contribution in [0.25, 0.3) is 0 Å². The summed E-state index contributed by atoms with van der Waals surface area (Å²) in [6.07, 6.45) is 0. The fraction of sp³-hybridized carbons (Fsp3) is 0.600. The predicted octanol–water partition coefficient (Wildman–Crippen LogP) is 1.77. The van der Waals surface area contributed by atoms with Crippen molar-refractivity contribution in [2.45, 2.75) is 32.9 Å². The smallest absolute Gasteiger partial charge is 0.0540 e. The fourth-order valence-corrected chi connectivity index (χ4v) is 2.92. The zero-order valence-electron chi connectivity index (χ0n) is 12.0. The quantitative estimate of drug-likeness (QED) is 0.864. The van der Waals surface area contributed by atoms with Crippen molar-refractivity contribution in [1.29, 1.82) is 0 Å². The lowest BCUT2D eigenvalue weighted by molar-refractivity contribution is 0.201. The van der Waals surface area contributed by atoms with Crippen LogP contribution in [0.5, 0.6) is 0 Å². The molecular weight excluding hydrogens is 222 g/mol. The van der Waals surface area contributed by atoms with Crippen LogP contribution in [0.4, 0.5) is 5.69 Å². The summed E-state index contributed by atoms with van der Waals surface area (Å²) in [6, 6.07) is 7.51. The molecule has 1 saturated heterocycles. The number of nitrogens with zero attached hydrogens (tertiary/aromatic N) is 2. The lowest BCUT2D eigenvalue weighted by Gasteiger charge is -2.45. The number of likely N-dealkylation sites (N-methyl/N-ethyl adjacent to an activating group) is 1. The van der Waals surface area contributed by atoms with Gasteiger partial charge in [-0.3, -0.25) is 4.90 Å². The summed E-state index contributed by atoms with van der Waals surface area (Å²) in [4.78, 5) is 4.91. The first kappa shape index (κ1) is 13.4. The lowest BCUT2D eigenvalue weighted by atomic mass is 10.0. The number of hydrogen-bond acceptors (Lipinski definition) is 3. The summed E-state index contributed by atoms with van der Waals surface area (Å²) in [5, 5.41) is 0. The molecule has 1 aliphatic heterocycles. The molecule has 0 aliphatic carbocycles. The molecule has 1 heterocycles. The maximum absolute atomic E-state index is 5.97. The Balaban J connectivity index is 2.35. The summed E-state index contributed by atoms with van der Waals surface area (Å²) in [7, 11) is 2.19. The van der Waals surface area contributed by atoms with E-state index in [4.69, 9.17) is 5.73 Å². The number of nitrogens with two attached hydrogens (primary N) is 1. The van der Waals surface area contributed by atoms with Gasteiger partial charge in [-0.2, -0.15) is 0 Å². The van der Waals surface area contributed by atoms with Crippen LogP contribution in [0.15, 0.2) is 18.2 Å². The molecule has 2 N–H and O–H groups in total. The van der Waals surface area contributed by atoms with Gasteiger partial charge in [-0.25, -0.2) is 0 Å². The van der Waals surface area contributed by atoms with Gasteiger partial charge in [-0.05, 0) is 38.9 Å². The molecule has 0 saturated carbocycles. The Labute approximate surface area is 111 Å². The van der Waals surface area contributed by atoms with Gasteiger partial charge < -0.3 is 10.6 Å². The number of para-hydroxylation sites is 1. The van der Waals surface area contributed by atoms with E-state index in [2.05, 4.69) is 55.8 Å². The molecule has 2 rings (SSSR count). The van der Waals surface area contributed by atoms with E-state index < -0.39 is 0 Å². The molecule has 1 fully saturated rings. The largest absolute Gasteiger partial charge is 0.364 e. The van der Waals surface area contributed by atoms with Crippen LogP contribution in [-0.2, 0) is 0 Å². The van der Waals surface area contributed by atoms with Crippen LogP contribution < -0.4 is 10.6 Å². The normalized spacial score (nSPS) is 25.5. The second-order valence-electron chi connectivity index (χ2n) is 5.57. The molecular formula is C15H25N3. The van der Waals surface area contributed by atoms with Crippen LogP contribution in [-0.4, -0.2) is 43.7 Å². The molecule has 1 aromatic rings. The van der Waals surface area contributed by atoms with Gasteiger partial charge in [0.05, 0.1) is 6.04 Å². The minimum Gasteiger partial charge on any atom is -0.364 e. The topological polar surface area (TPSA) is 32.5 Å². The Morgan fingerprint density at radius 3 is 2.39 bits per heavy atom. The molecule has 0 aromatic heterocycles. The van der Waals surface area contributed by atoms with Gasteiger partial charge in [0.25, 0.3) is 0 Å². The minimum atomic E-state index is 0.422. The van der Waals surface area contributed by atoms with Crippen LogP contribution in [0.1, 0.15) is 18.1 Å². The van der Waals surface area contributed by atoms with Gasteiger partial charge in [-0.1, -0.05) is 18.2 Å². The van der Waals surface area contributed by atoms with Crippen LogP contribution in [0.2, 0.25) is 0 Å². The molecule has 2 atom stereocenters. The van der Waals surface area contributed by atoms with Crippen molar-refractivity contribution in [1.82, 2.24) is 4.90 Å². The molecule has 18 heavy (non-hydrogen) atoms. The second kappa shape index (κ2) is 5.29. The average molecular weight is 247 g/mol. The van der Waals surface area contributed by atoms with Crippen molar-refractivity contribution >= 4 is 5.69 Å². The van der Waals surface area contributed by atoms with Crippen molar-refractivity contribution in [3.05, 3.63) is 29.3 Å². The number of benzene rings is 1. The summed E-state index contributed by atoms with van der Waals surface area (Å²) >= 11 is 0. The SMILES string of the molecule is Cc1cccc(C)c1N1CC(C)N(C)CC1CN. The third-order valence-electron chi connectivity index (χ3n) is 4.15. The first-order valence-corrected chi connectivity index (χ1v) is 6.77. The van der Waals surface area contributed by atoms with Gasteiger partial charge in [0.1, 0.15) is 0 Å². The number of anilines is 1. The molecule has 3 nitrogen and oxygen atoms in total. The van der Waals surface area contributed by atoms with Crippen LogP contribution in [0.3, 0.4) is 0 Å². The van der Waals surface area contributed by atoms with Crippen molar-refractivity contribution in [2.75, 3.05) is 31.6 Å². The lowest BCUT2D eigenvalue weighted by Crippen LogP contribution is -2.59. The zero-order valence-corrected chi connectivity index (χ0v) is 12.0. The molecule has 0 amide bonds. The van der Waals surface area contributed by atoms with Crippen LogP contribution in [0, 0.1) is 13.8 Å². The average Bonchev–Trinajstić information content (AvgIpc) is 2.33. The van der Waals surface area contributed by atoms with Gasteiger partial charge >= 0.3 is 0 Å². The predicted molar refractivity (Wildman–Crippen MR) is 78.2 cm³/mol. The highest BCUT2D eigenvalue weighted by Gasteiger charge is 2.30. The maximum atomic E-state index is 5.97. The highest BCUT2D eigenvalue weighted by molar-refractivity contribution is 5.60. The molecule has 1 aliphatic rings. The van der Waals surface area contributed by atoms with E-state index >= 15 is 0 Å². The first-order valence-electron chi connectivity index (χ1n) is 6.77. The van der Waals surface area contributed by atoms with Crippen molar-refractivity contribution in [2.24, 2.45) is 5.73 Å². The molecule has 0 radical (unpaired) electrons.